The zero-order valence-corrected chi connectivity index (χ0v) is 34.8. The minimum Gasteiger partial charge on any atom is -0.670 e. The second kappa shape index (κ2) is 23.1. The molecule has 39 heavy (non-hydrogen) atoms. The summed E-state index contributed by atoms with van der Waals surface area (Å²) in [7, 11) is -0.453. The molecule has 14 heteroatoms. The number of nitrogens with one attached hydrogen (secondary N) is 4. The van der Waals surface area contributed by atoms with E-state index in [2.05, 4.69) is 39.1 Å². The molecular formula is C25H48Cl8N4SiZr. The van der Waals surface area contributed by atoms with Gasteiger partial charge in [0, 0.05) is 8.80 Å². The Morgan fingerprint density at radius 2 is 0.667 bits per heavy atom. The average Bonchev–Trinajstić information content (AvgIpc) is 2.99. The van der Waals surface area contributed by atoms with Gasteiger partial charge in [-0.25, -0.2) is 0 Å². The van der Waals surface area contributed by atoms with E-state index in [4.69, 9.17) is 116 Å². The maximum absolute atomic E-state index is 7.12. The number of hydrogen-bond acceptors (Lipinski definition) is 0. The van der Waals surface area contributed by atoms with Crippen LogP contribution in [0.5, 0.6) is 0 Å². The quantitative estimate of drug-likeness (QED) is 0.195. The molecule has 4 nitrogen and oxygen atoms in total. The van der Waals surface area contributed by atoms with Crippen molar-refractivity contribution in [3.8, 4) is 0 Å². The Balaban J connectivity index is -0.000000124. The summed E-state index contributed by atoms with van der Waals surface area (Å²) in [6.07, 6.45) is 4.85. The molecular weight excluding hydrogens is 759 g/mol. The first-order chi connectivity index (χ1) is 16.4. The van der Waals surface area contributed by atoms with Crippen molar-refractivity contribution in [1.82, 2.24) is 0 Å². The molecule has 0 aromatic rings. The van der Waals surface area contributed by atoms with E-state index in [0.29, 0.717) is 0 Å². The van der Waals surface area contributed by atoms with Crippen LogP contribution in [0.2, 0.25) is 18.6 Å². The van der Waals surface area contributed by atoms with Crippen molar-refractivity contribution in [2.45, 2.75) is 129 Å². The molecule has 0 spiro atoms. The zero-order chi connectivity index (χ0) is 32.0. The third kappa shape index (κ3) is 33.5. The fourth-order valence-electron chi connectivity index (χ4n) is 1.27. The fraction of sp³-hybridized carbons (Fsp3) is 0.840. The molecule has 1 rings (SSSR count). The van der Waals surface area contributed by atoms with Gasteiger partial charge in [-0.15, -0.1) is 115 Å². The molecule has 0 saturated heterocycles. The summed E-state index contributed by atoms with van der Waals surface area (Å²) < 4.78 is 0. The van der Waals surface area contributed by atoms with E-state index in [1.165, 1.54) is 11.1 Å². The second-order valence-electron chi connectivity index (χ2n) is 11.6. The number of halogens is 8. The summed E-state index contributed by atoms with van der Waals surface area (Å²) in [6.45, 7) is 22.5. The summed E-state index contributed by atoms with van der Waals surface area (Å²) in [5.74, 6) is 0. The number of allylic oxidation sites excluding steroid dienone is 4. The van der Waals surface area contributed by atoms with Crippen molar-refractivity contribution in [3.05, 3.63) is 46.2 Å². The Morgan fingerprint density at radius 1 is 0.538 bits per heavy atom. The Kier molecular flexibility index (Phi) is 30.4. The summed E-state index contributed by atoms with van der Waals surface area (Å²) in [5.41, 5.74) is 29.4. The number of alkyl halides is 8. The van der Waals surface area contributed by atoms with Crippen LogP contribution in [0.25, 0.3) is 22.9 Å². The van der Waals surface area contributed by atoms with Gasteiger partial charge in [-0.3, -0.25) is 0 Å². The summed E-state index contributed by atoms with van der Waals surface area (Å²) >= 11 is 42.7. The first-order valence-corrected chi connectivity index (χ1v) is 18.4. The molecule has 0 aromatic carbocycles. The van der Waals surface area contributed by atoms with E-state index in [0.717, 1.165) is 5.54 Å². The summed E-state index contributed by atoms with van der Waals surface area (Å²) in [6, 6.07) is 0. The average molecular weight is 808 g/mol. The second-order valence-corrected chi connectivity index (χ2v) is 19.3. The smallest absolute Gasteiger partial charge is 0.670 e. The molecule has 0 heterocycles. The van der Waals surface area contributed by atoms with E-state index in [1.807, 2.05) is 0 Å². The third-order valence-electron chi connectivity index (χ3n) is 4.46. The van der Waals surface area contributed by atoms with Gasteiger partial charge in [0.25, 0.3) is 0 Å². The molecule has 0 aromatic heterocycles. The van der Waals surface area contributed by atoms with Gasteiger partial charge in [-0.2, -0.15) is 0 Å². The maximum Gasteiger partial charge on any atom is 4.00 e. The molecule has 0 atom stereocenters. The van der Waals surface area contributed by atoms with Gasteiger partial charge in [0.2, 0.25) is 0 Å². The van der Waals surface area contributed by atoms with E-state index < -0.39 is 50.3 Å². The molecule has 0 amide bonds. The normalized spacial score (nSPS) is 14.3. The van der Waals surface area contributed by atoms with Crippen molar-refractivity contribution in [2.24, 2.45) is 0 Å². The van der Waals surface area contributed by atoms with Crippen LogP contribution >= 0.6 is 92.8 Å². The largest absolute Gasteiger partial charge is 4.00 e. The number of hydrogen-bond donors (Lipinski definition) is 0. The van der Waals surface area contributed by atoms with Gasteiger partial charge in [-0.05, 0) is 19.4 Å². The molecule has 0 fully saturated rings. The van der Waals surface area contributed by atoms with Crippen LogP contribution in [0, 0.1) is 0 Å². The van der Waals surface area contributed by atoms with Crippen LogP contribution in [0.3, 0.4) is 0 Å². The molecule has 1 aliphatic rings. The predicted molar refractivity (Wildman–Crippen MR) is 186 cm³/mol. The molecule has 0 radical (unpaired) electrons. The fourth-order valence-corrected chi connectivity index (χ4v) is 2.62. The van der Waals surface area contributed by atoms with Gasteiger partial charge in [0.05, 0.1) is 19.3 Å². The van der Waals surface area contributed by atoms with Crippen molar-refractivity contribution < 1.29 is 26.2 Å². The molecule has 4 N–H and O–H groups in total. The third-order valence-corrected chi connectivity index (χ3v) is 10.7. The van der Waals surface area contributed by atoms with E-state index >= 15 is 0 Å². The van der Waals surface area contributed by atoms with E-state index in [9.17, 15) is 0 Å². The van der Waals surface area contributed by atoms with Gasteiger partial charge in [0.1, 0.15) is 0 Å². The zero-order valence-electron chi connectivity index (χ0n) is 25.1. The Morgan fingerprint density at radius 3 is 0.718 bits per heavy atom. The van der Waals surface area contributed by atoms with Gasteiger partial charge in [-0.1, -0.05) is 91.8 Å². The minimum atomic E-state index is -0.719. The topological polar surface area (TPSA) is 95.2 Å². The molecule has 0 saturated carbocycles. The first kappa shape index (κ1) is 51.3. The van der Waals surface area contributed by atoms with Crippen LogP contribution in [0.15, 0.2) is 23.3 Å². The predicted octanol–water partition coefficient (Wildman–Crippen LogP) is 13.2. The van der Waals surface area contributed by atoms with Gasteiger partial charge in [0.15, 0.2) is 0 Å². The monoisotopic (exact) mass is 802 g/mol. The Hall–Kier alpha value is 2.74. The minimum absolute atomic E-state index is 0. The Labute approximate surface area is 300 Å². The van der Waals surface area contributed by atoms with Crippen LogP contribution in [-0.4, -0.2) is 50.3 Å². The van der Waals surface area contributed by atoms with Crippen molar-refractivity contribution >= 4 is 102 Å². The van der Waals surface area contributed by atoms with Crippen LogP contribution in [0.1, 0.15) is 69.2 Å². The first-order valence-electron chi connectivity index (χ1n) is 11.9. The number of rotatable bonds is 5. The molecule has 1 aliphatic carbocycles. The maximum atomic E-state index is 7.12. The Bertz CT molecular complexity index is 588. The summed E-state index contributed by atoms with van der Waals surface area (Å²) in [5, 5.41) is 0. The van der Waals surface area contributed by atoms with Crippen LogP contribution < -0.4 is 0 Å². The molecule has 0 aliphatic heterocycles. The summed E-state index contributed by atoms with van der Waals surface area (Å²) in [4.78, 5) is -2.36. The van der Waals surface area contributed by atoms with Crippen LogP contribution in [-0.2, 0) is 26.2 Å². The van der Waals surface area contributed by atoms with Gasteiger partial charge >= 0.3 is 26.2 Å². The molecule has 0 unspecified atom stereocenters. The van der Waals surface area contributed by atoms with Gasteiger partial charge < -0.3 is 22.9 Å². The standard InChI is InChI=1S/C9H16Si.4C4H8Cl2N.Zr/c1-7-5-9(10(3)4)6-8(7)2;4*1-4(2,7)3(5)6;/h5-6,9-10H,1-4H3;4*3,7H,1-2H3;/q;4*-1;+4. The van der Waals surface area contributed by atoms with E-state index in [1.54, 1.807) is 55.4 Å². The molecule has 0 bridgehead atoms. The van der Waals surface area contributed by atoms with Crippen LogP contribution in [0.4, 0.5) is 0 Å². The van der Waals surface area contributed by atoms with Crippen molar-refractivity contribution in [1.29, 1.82) is 0 Å². The SMILES string of the molecule is CC(C)([NH-])C(Cl)Cl.CC(C)([NH-])C(Cl)Cl.CC(C)([NH-])C(Cl)Cl.CC(C)([NH-])C(Cl)Cl.CC1=CC([SiH](C)C)C=C1C.[Zr+4]. The van der Waals surface area contributed by atoms with E-state index in [-0.39, 0.29) is 26.2 Å². The van der Waals surface area contributed by atoms with Crippen molar-refractivity contribution in [3.63, 3.8) is 0 Å². The molecule has 232 valence electrons. The van der Waals surface area contributed by atoms with Crippen molar-refractivity contribution in [2.75, 3.05) is 0 Å².